The fraction of sp³-hybridized carbons (Fsp3) is 0.467. The highest BCUT2D eigenvalue weighted by molar-refractivity contribution is 6.40. The maximum atomic E-state index is 12.5. The minimum Gasteiger partial charge on any atom is -0.396 e. The zero-order valence-corrected chi connectivity index (χ0v) is 13.9. The van der Waals surface area contributed by atoms with Crippen LogP contribution in [0.3, 0.4) is 0 Å². The number of nitrogens with two attached hydrogens (primary N) is 1. The van der Waals surface area contributed by atoms with Gasteiger partial charge in [-0.05, 0) is 30.9 Å². The number of carbonyl (C=O) groups is 2. The standard InChI is InChI=1S/C15H19Cl2N3O2/c1-9(21)19-8-10-4-6-20(7-5-10)15(22)11-2-3-12(16)14(18)13(11)17/h2-3,10H,4-8,18H2,1H3,(H,19,21). The van der Waals surface area contributed by atoms with Crippen molar-refractivity contribution in [2.45, 2.75) is 19.8 Å². The molecule has 2 amide bonds. The summed E-state index contributed by atoms with van der Waals surface area (Å²) in [5.41, 5.74) is 6.37. The van der Waals surface area contributed by atoms with Crippen molar-refractivity contribution in [1.82, 2.24) is 10.2 Å². The molecule has 22 heavy (non-hydrogen) atoms. The molecule has 1 fully saturated rings. The molecule has 1 aliphatic heterocycles. The third kappa shape index (κ3) is 3.84. The first-order valence-electron chi connectivity index (χ1n) is 7.17. The number of benzene rings is 1. The highest BCUT2D eigenvalue weighted by atomic mass is 35.5. The summed E-state index contributed by atoms with van der Waals surface area (Å²) in [6.45, 7) is 3.45. The van der Waals surface area contributed by atoms with E-state index in [0.29, 0.717) is 36.1 Å². The van der Waals surface area contributed by atoms with E-state index in [0.717, 1.165) is 12.8 Å². The predicted octanol–water partition coefficient (Wildman–Crippen LogP) is 2.56. The highest BCUT2D eigenvalue weighted by Crippen LogP contribution is 2.31. The number of piperidine rings is 1. The molecular weight excluding hydrogens is 325 g/mol. The van der Waals surface area contributed by atoms with Crippen LogP contribution in [0.1, 0.15) is 30.1 Å². The summed E-state index contributed by atoms with van der Waals surface area (Å²) in [6, 6.07) is 3.19. The number of likely N-dealkylation sites (tertiary alicyclic amines) is 1. The minimum atomic E-state index is -0.133. The first kappa shape index (κ1) is 16.9. The molecule has 0 bridgehead atoms. The molecule has 120 valence electrons. The van der Waals surface area contributed by atoms with Crippen molar-refractivity contribution < 1.29 is 9.59 Å². The van der Waals surface area contributed by atoms with E-state index in [4.69, 9.17) is 28.9 Å². The molecular formula is C15H19Cl2N3O2. The largest absolute Gasteiger partial charge is 0.396 e. The smallest absolute Gasteiger partial charge is 0.255 e. The summed E-state index contributed by atoms with van der Waals surface area (Å²) < 4.78 is 0. The first-order chi connectivity index (χ1) is 10.4. The van der Waals surface area contributed by atoms with Gasteiger partial charge < -0.3 is 16.0 Å². The molecule has 5 nitrogen and oxygen atoms in total. The van der Waals surface area contributed by atoms with Crippen LogP contribution in [0.25, 0.3) is 0 Å². The molecule has 0 atom stereocenters. The number of rotatable bonds is 3. The summed E-state index contributed by atoms with van der Waals surface area (Å²) in [7, 11) is 0. The van der Waals surface area contributed by atoms with Crippen LogP contribution in [0.4, 0.5) is 5.69 Å². The number of nitrogens with zero attached hydrogens (tertiary/aromatic N) is 1. The van der Waals surface area contributed by atoms with Crippen LogP contribution in [-0.2, 0) is 4.79 Å². The molecule has 1 heterocycles. The lowest BCUT2D eigenvalue weighted by atomic mass is 9.96. The number of carbonyl (C=O) groups excluding carboxylic acids is 2. The van der Waals surface area contributed by atoms with Crippen LogP contribution >= 0.6 is 23.2 Å². The van der Waals surface area contributed by atoms with Gasteiger partial charge in [-0.1, -0.05) is 23.2 Å². The van der Waals surface area contributed by atoms with Gasteiger partial charge in [-0.25, -0.2) is 0 Å². The molecule has 0 saturated carbocycles. The van der Waals surface area contributed by atoms with Gasteiger partial charge >= 0.3 is 0 Å². The predicted molar refractivity (Wildman–Crippen MR) is 88.2 cm³/mol. The zero-order chi connectivity index (χ0) is 16.3. The fourth-order valence-electron chi connectivity index (χ4n) is 2.53. The van der Waals surface area contributed by atoms with Crippen LogP contribution in [0, 0.1) is 5.92 Å². The Kier molecular flexibility index (Phi) is 5.53. The lowest BCUT2D eigenvalue weighted by molar-refractivity contribution is -0.119. The van der Waals surface area contributed by atoms with E-state index in [9.17, 15) is 9.59 Å². The monoisotopic (exact) mass is 343 g/mol. The number of hydrogen-bond donors (Lipinski definition) is 2. The molecule has 0 radical (unpaired) electrons. The third-order valence-electron chi connectivity index (χ3n) is 3.90. The van der Waals surface area contributed by atoms with Crippen molar-refractivity contribution in [3.05, 3.63) is 27.7 Å². The molecule has 1 aromatic rings. The molecule has 1 saturated heterocycles. The van der Waals surface area contributed by atoms with Crippen molar-refractivity contribution in [3.63, 3.8) is 0 Å². The second-order valence-corrected chi connectivity index (χ2v) is 6.28. The lowest BCUT2D eigenvalue weighted by Crippen LogP contribution is -2.41. The van der Waals surface area contributed by atoms with E-state index in [1.807, 2.05) is 0 Å². The van der Waals surface area contributed by atoms with Crippen molar-refractivity contribution in [2.75, 3.05) is 25.4 Å². The van der Waals surface area contributed by atoms with Gasteiger partial charge in [0.25, 0.3) is 5.91 Å². The van der Waals surface area contributed by atoms with Crippen LogP contribution in [0.15, 0.2) is 12.1 Å². The quantitative estimate of drug-likeness (QED) is 0.828. The van der Waals surface area contributed by atoms with Gasteiger partial charge in [0.1, 0.15) is 0 Å². The number of nitrogen functional groups attached to an aromatic ring is 1. The van der Waals surface area contributed by atoms with Crippen molar-refractivity contribution in [1.29, 1.82) is 0 Å². The molecule has 3 N–H and O–H groups in total. The zero-order valence-electron chi connectivity index (χ0n) is 12.4. The molecule has 1 aliphatic rings. The molecule has 2 rings (SSSR count). The second kappa shape index (κ2) is 7.20. The molecule has 0 unspecified atom stereocenters. The summed E-state index contributed by atoms with van der Waals surface area (Å²) in [5.74, 6) is 0.243. The number of halogens is 2. The van der Waals surface area contributed by atoms with E-state index < -0.39 is 0 Å². The Balaban J connectivity index is 1.98. The van der Waals surface area contributed by atoms with Crippen molar-refractivity contribution >= 4 is 40.7 Å². The van der Waals surface area contributed by atoms with Crippen LogP contribution in [0.2, 0.25) is 10.0 Å². The Bertz CT molecular complexity index is 584. The average molecular weight is 344 g/mol. The van der Waals surface area contributed by atoms with Gasteiger partial charge in [-0.2, -0.15) is 0 Å². The van der Waals surface area contributed by atoms with Gasteiger partial charge in [0.05, 0.1) is 21.3 Å². The fourth-order valence-corrected chi connectivity index (χ4v) is 2.98. The van der Waals surface area contributed by atoms with Crippen LogP contribution in [-0.4, -0.2) is 36.3 Å². The SMILES string of the molecule is CC(=O)NCC1CCN(C(=O)c2ccc(Cl)c(N)c2Cl)CC1. The van der Waals surface area contributed by atoms with E-state index in [-0.39, 0.29) is 22.5 Å². The first-order valence-corrected chi connectivity index (χ1v) is 7.93. The maximum absolute atomic E-state index is 12.5. The highest BCUT2D eigenvalue weighted by Gasteiger charge is 2.25. The molecule has 0 aliphatic carbocycles. The third-order valence-corrected chi connectivity index (χ3v) is 4.64. The van der Waals surface area contributed by atoms with E-state index in [2.05, 4.69) is 5.32 Å². The van der Waals surface area contributed by atoms with Gasteiger partial charge in [-0.3, -0.25) is 9.59 Å². The molecule has 7 heteroatoms. The van der Waals surface area contributed by atoms with Crippen LogP contribution in [0.5, 0.6) is 0 Å². The maximum Gasteiger partial charge on any atom is 0.255 e. The normalized spacial score (nSPS) is 15.7. The molecule has 1 aromatic carbocycles. The summed E-state index contributed by atoms with van der Waals surface area (Å²) in [6.07, 6.45) is 1.71. The minimum absolute atomic E-state index is 0.0260. The summed E-state index contributed by atoms with van der Waals surface area (Å²) in [5, 5.41) is 3.37. The van der Waals surface area contributed by atoms with Crippen LogP contribution < -0.4 is 11.1 Å². The average Bonchev–Trinajstić information content (AvgIpc) is 2.51. The van der Waals surface area contributed by atoms with Crippen molar-refractivity contribution in [3.8, 4) is 0 Å². The summed E-state index contributed by atoms with van der Waals surface area (Å²) in [4.78, 5) is 25.2. The topological polar surface area (TPSA) is 75.4 Å². The Labute approximate surface area is 139 Å². The lowest BCUT2D eigenvalue weighted by Gasteiger charge is -2.32. The Morgan fingerprint density at radius 2 is 1.95 bits per heavy atom. The number of anilines is 1. The van der Waals surface area contributed by atoms with Crippen molar-refractivity contribution in [2.24, 2.45) is 5.92 Å². The van der Waals surface area contributed by atoms with Gasteiger partial charge in [0, 0.05) is 26.6 Å². The van der Waals surface area contributed by atoms with E-state index in [1.165, 1.54) is 6.92 Å². The Morgan fingerprint density at radius 1 is 1.32 bits per heavy atom. The molecule has 0 aromatic heterocycles. The van der Waals surface area contributed by atoms with Gasteiger partial charge in [0.15, 0.2) is 0 Å². The van der Waals surface area contributed by atoms with Gasteiger partial charge in [0.2, 0.25) is 5.91 Å². The Morgan fingerprint density at radius 3 is 2.55 bits per heavy atom. The Hall–Kier alpha value is -1.46. The van der Waals surface area contributed by atoms with E-state index in [1.54, 1.807) is 17.0 Å². The second-order valence-electron chi connectivity index (χ2n) is 5.50. The number of nitrogens with one attached hydrogen (secondary N) is 1. The van der Waals surface area contributed by atoms with Gasteiger partial charge in [-0.15, -0.1) is 0 Å². The molecule has 0 spiro atoms. The number of hydrogen-bond acceptors (Lipinski definition) is 3. The summed E-state index contributed by atoms with van der Waals surface area (Å²) >= 11 is 12.0. The number of amides is 2. The van der Waals surface area contributed by atoms with E-state index >= 15 is 0 Å².